The predicted octanol–water partition coefficient (Wildman–Crippen LogP) is 5.06. The zero-order chi connectivity index (χ0) is 19.9. The Labute approximate surface area is 166 Å². The first-order chi connectivity index (χ1) is 13.6. The quantitative estimate of drug-likeness (QED) is 0.557. The monoisotopic (exact) mass is 383 g/mol. The van der Waals surface area contributed by atoms with E-state index in [9.17, 15) is 0 Å². The second kappa shape index (κ2) is 9.44. The van der Waals surface area contributed by atoms with E-state index in [1.165, 1.54) is 12.8 Å². The van der Waals surface area contributed by atoms with Crippen molar-refractivity contribution in [2.75, 3.05) is 7.11 Å². The van der Waals surface area contributed by atoms with Crippen LogP contribution in [-0.2, 0) is 13.0 Å². The standard InChI is InChI=1S/C15H19NO2.C7H10N2O/c1-3-4-5-6-14-11-15(16-18-14)12-7-9-13(17-2)10-8-12;1-5-3-9-4-6(2)10-7(9)8-5/h7-11H,3-6H2,1-2H3;3,6H,4H2,1-2H3/t;6-/m.1/s1. The molecular weight excluding hydrogens is 354 g/mol. The van der Waals surface area contributed by atoms with Gasteiger partial charge in [-0.15, -0.1) is 0 Å². The smallest absolute Gasteiger partial charge is 0.296 e. The average Bonchev–Trinajstić information content (AvgIpc) is 3.37. The van der Waals surface area contributed by atoms with Crippen molar-refractivity contribution < 1.29 is 14.0 Å². The van der Waals surface area contributed by atoms with E-state index < -0.39 is 0 Å². The van der Waals surface area contributed by atoms with Crippen LogP contribution in [0.5, 0.6) is 11.8 Å². The Morgan fingerprint density at radius 1 is 1.21 bits per heavy atom. The maximum Gasteiger partial charge on any atom is 0.296 e. The molecule has 3 aromatic rings. The Hall–Kier alpha value is -2.76. The molecule has 1 aliphatic heterocycles. The third-order valence-corrected chi connectivity index (χ3v) is 4.59. The van der Waals surface area contributed by atoms with Crippen LogP contribution < -0.4 is 9.47 Å². The summed E-state index contributed by atoms with van der Waals surface area (Å²) >= 11 is 0. The second-order valence-corrected chi connectivity index (χ2v) is 7.11. The second-order valence-electron chi connectivity index (χ2n) is 7.11. The molecule has 4 rings (SSSR count). The van der Waals surface area contributed by atoms with E-state index in [0.29, 0.717) is 6.10 Å². The fraction of sp³-hybridized carbons (Fsp3) is 0.455. The number of methoxy groups -OCH3 is 1. The van der Waals surface area contributed by atoms with Crippen molar-refractivity contribution in [1.29, 1.82) is 0 Å². The average molecular weight is 383 g/mol. The maximum atomic E-state index is 5.38. The number of unbranched alkanes of at least 4 members (excludes halogenated alkanes) is 2. The number of imidazole rings is 1. The van der Waals surface area contributed by atoms with Gasteiger partial charge in [0.05, 0.1) is 19.3 Å². The lowest BCUT2D eigenvalue weighted by atomic mass is 10.1. The van der Waals surface area contributed by atoms with Gasteiger partial charge in [-0.2, -0.15) is 0 Å². The number of aromatic nitrogens is 3. The highest BCUT2D eigenvalue weighted by Gasteiger charge is 2.19. The van der Waals surface area contributed by atoms with Gasteiger partial charge < -0.3 is 14.0 Å². The zero-order valence-electron chi connectivity index (χ0n) is 17.1. The van der Waals surface area contributed by atoms with Crippen molar-refractivity contribution in [2.24, 2.45) is 0 Å². The minimum absolute atomic E-state index is 0.295. The molecule has 0 aliphatic carbocycles. The molecule has 3 heterocycles. The van der Waals surface area contributed by atoms with Gasteiger partial charge in [0, 0.05) is 24.2 Å². The molecule has 0 radical (unpaired) electrons. The number of fused-ring (bicyclic) bond motifs is 1. The third-order valence-electron chi connectivity index (χ3n) is 4.59. The summed E-state index contributed by atoms with van der Waals surface area (Å²) in [6, 6.07) is 10.6. The van der Waals surface area contributed by atoms with Crippen LogP contribution in [0.4, 0.5) is 0 Å². The summed E-state index contributed by atoms with van der Waals surface area (Å²) in [5.41, 5.74) is 2.98. The molecule has 1 aromatic carbocycles. The molecule has 0 saturated heterocycles. The lowest BCUT2D eigenvalue weighted by Crippen LogP contribution is -2.08. The Kier molecular flexibility index (Phi) is 6.74. The molecule has 150 valence electrons. The molecule has 6 nitrogen and oxygen atoms in total. The van der Waals surface area contributed by atoms with Gasteiger partial charge in [0.1, 0.15) is 23.3 Å². The predicted molar refractivity (Wildman–Crippen MR) is 109 cm³/mol. The number of aryl methyl sites for hydroxylation is 2. The van der Waals surface area contributed by atoms with Crippen molar-refractivity contribution in [2.45, 2.75) is 59.1 Å². The van der Waals surface area contributed by atoms with Crippen LogP contribution in [0.3, 0.4) is 0 Å². The van der Waals surface area contributed by atoms with Gasteiger partial charge >= 0.3 is 0 Å². The van der Waals surface area contributed by atoms with Gasteiger partial charge in [0.25, 0.3) is 6.01 Å². The van der Waals surface area contributed by atoms with Crippen molar-refractivity contribution in [1.82, 2.24) is 14.7 Å². The van der Waals surface area contributed by atoms with Crippen LogP contribution in [0.1, 0.15) is 44.6 Å². The first-order valence-electron chi connectivity index (χ1n) is 9.89. The molecule has 0 unspecified atom stereocenters. The van der Waals surface area contributed by atoms with E-state index in [-0.39, 0.29) is 0 Å². The number of hydrogen-bond donors (Lipinski definition) is 0. The van der Waals surface area contributed by atoms with Gasteiger partial charge in [-0.1, -0.05) is 24.9 Å². The molecule has 0 amide bonds. The molecular formula is C22H29N3O3. The first kappa shape index (κ1) is 20.0. The van der Waals surface area contributed by atoms with Gasteiger partial charge in [-0.3, -0.25) is 4.57 Å². The van der Waals surface area contributed by atoms with Crippen molar-refractivity contribution in [3.8, 4) is 23.0 Å². The molecule has 0 bridgehead atoms. The molecule has 0 spiro atoms. The van der Waals surface area contributed by atoms with Crippen LogP contribution in [0.15, 0.2) is 41.1 Å². The minimum atomic E-state index is 0.295. The van der Waals surface area contributed by atoms with Crippen LogP contribution in [-0.4, -0.2) is 27.9 Å². The Morgan fingerprint density at radius 3 is 2.68 bits per heavy atom. The normalized spacial score (nSPS) is 14.8. The molecule has 0 saturated carbocycles. The topological polar surface area (TPSA) is 62.3 Å². The van der Waals surface area contributed by atoms with E-state index in [4.69, 9.17) is 14.0 Å². The summed E-state index contributed by atoms with van der Waals surface area (Å²) in [7, 11) is 1.66. The molecule has 1 atom stereocenters. The van der Waals surface area contributed by atoms with E-state index in [1.54, 1.807) is 7.11 Å². The van der Waals surface area contributed by atoms with E-state index >= 15 is 0 Å². The summed E-state index contributed by atoms with van der Waals surface area (Å²) in [6.07, 6.45) is 6.89. The van der Waals surface area contributed by atoms with Gasteiger partial charge in [-0.05, 0) is 44.5 Å². The molecule has 28 heavy (non-hydrogen) atoms. The van der Waals surface area contributed by atoms with Gasteiger partial charge in [-0.25, -0.2) is 4.98 Å². The summed E-state index contributed by atoms with van der Waals surface area (Å²) < 4.78 is 17.9. The minimum Gasteiger partial charge on any atom is -0.497 e. The van der Waals surface area contributed by atoms with Crippen molar-refractivity contribution in [3.05, 3.63) is 48.0 Å². The molecule has 6 heteroatoms. The zero-order valence-corrected chi connectivity index (χ0v) is 17.1. The summed E-state index contributed by atoms with van der Waals surface area (Å²) in [5.74, 6) is 1.82. The highest BCUT2D eigenvalue weighted by Crippen LogP contribution is 2.23. The number of nitrogens with zero attached hydrogens (tertiary/aromatic N) is 3. The highest BCUT2D eigenvalue weighted by molar-refractivity contribution is 5.59. The fourth-order valence-electron chi connectivity index (χ4n) is 3.12. The lowest BCUT2D eigenvalue weighted by Gasteiger charge is -1.99. The number of benzene rings is 1. The van der Waals surface area contributed by atoms with Crippen LogP contribution in [0.2, 0.25) is 0 Å². The van der Waals surface area contributed by atoms with E-state index in [2.05, 4.69) is 17.1 Å². The largest absolute Gasteiger partial charge is 0.497 e. The summed E-state index contributed by atoms with van der Waals surface area (Å²) in [4.78, 5) is 4.18. The van der Waals surface area contributed by atoms with Crippen LogP contribution >= 0.6 is 0 Å². The number of rotatable bonds is 6. The SMILES string of the molecule is CCCCCc1cc(-c2ccc(OC)cc2)no1.Cc1cn2c(n1)O[C@H](C)C2. The lowest BCUT2D eigenvalue weighted by molar-refractivity contribution is 0.245. The van der Waals surface area contributed by atoms with Crippen LogP contribution in [0.25, 0.3) is 11.3 Å². The Bertz CT molecular complexity index is 844. The molecule has 1 aliphatic rings. The Morgan fingerprint density at radius 2 is 2.00 bits per heavy atom. The summed E-state index contributed by atoms with van der Waals surface area (Å²) in [6.45, 7) is 7.16. The van der Waals surface area contributed by atoms with Crippen molar-refractivity contribution >= 4 is 0 Å². The van der Waals surface area contributed by atoms with Crippen molar-refractivity contribution in [3.63, 3.8) is 0 Å². The van der Waals surface area contributed by atoms with E-state index in [1.807, 2.05) is 54.9 Å². The van der Waals surface area contributed by atoms with Crippen LogP contribution in [0, 0.1) is 6.92 Å². The van der Waals surface area contributed by atoms with Gasteiger partial charge in [0.2, 0.25) is 0 Å². The molecule has 0 N–H and O–H groups in total. The van der Waals surface area contributed by atoms with Gasteiger partial charge in [0.15, 0.2) is 0 Å². The Balaban J connectivity index is 0.000000188. The third kappa shape index (κ3) is 5.15. The van der Waals surface area contributed by atoms with E-state index in [0.717, 1.165) is 53.9 Å². The number of hydrogen-bond acceptors (Lipinski definition) is 5. The first-order valence-corrected chi connectivity index (χ1v) is 9.89. The fourth-order valence-corrected chi connectivity index (χ4v) is 3.12. The molecule has 0 fully saturated rings. The highest BCUT2D eigenvalue weighted by atomic mass is 16.5. The maximum absolute atomic E-state index is 5.38. The summed E-state index contributed by atoms with van der Waals surface area (Å²) in [5, 5.41) is 4.10. The molecule has 2 aromatic heterocycles. The number of ether oxygens (including phenoxy) is 2.